The van der Waals surface area contributed by atoms with Crippen LogP contribution in [0.15, 0.2) is 66.1 Å². The maximum atomic E-state index is 13.3. The van der Waals surface area contributed by atoms with Crippen molar-refractivity contribution in [3.63, 3.8) is 0 Å². The summed E-state index contributed by atoms with van der Waals surface area (Å²) in [4.78, 5) is 17.7. The molecule has 7 heteroatoms. The maximum absolute atomic E-state index is 13.3. The van der Waals surface area contributed by atoms with Crippen LogP contribution in [-0.4, -0.2) is 27.7 Å². The summed E-state index contributed by atoms with van der Waals surface area (Å²) in [6.45, 7) is 0. The monoisotopic (exact) mass is 406 g/mol. The number of ketones is 1. The number of nitrogens with zero attached hydrogens (tertiary/aromatic N) is 3. The van der Waals surface area contributed by atoms with Gasteiger partial charge in [-0.2, -0.15) is 10.1 Å². The average Bonchev–Trinajstić information content (AvgIpc) is 3.21. The number of carbonyl (C=O) groups excluding carboxylic acids is 1. The van der Waals surface area contributed by atoms with Crippen molar-refractivity contribution in [3.8, 4) is 5.75 Å². The number of allylic oxidation sites excluding steroid dienone is 2. The van der Waals surface area contributed by atoms with Crippen LogP contribution in [0.25, 0.3) is 0 Å². The van der Waals surface area contributed by atoms with Crippen molar-refractivity contribution in [2.24, 2.45) is 0 Å². The fourth-order valence-corrected chi connectivity index (χ4v) is 4.49. The molecule has 29 heavy (non-hydrogen) atoms. The molecule has 1 aliphatic carbocycles. The smallest absolute Gasteiger partial charge is 0.226 e. The lowest BCUT2D eigenvalue weighted by molar-refractivity contribution is -0.116. The lowest BCUT2D eigenvalue weighted by Crippen LogP contribution is -2.33. The number of rotatable bonds is 3. The van der Waals surface area contributed by atoms with Gasteiger partial charge in [-0.05, 0) is 36.1 Å². The highest BCUT2D eigenvalue weighted by atomic mass is 35.5. The molecule has 0 saturated heterocycles. The first-order valence-corrected chi connectivity index (χ1v) is 9.84. The zero-order valence-electron chi connectivity index (χ0n) is 15.8. The van der Waals surface area contributed by atoms with E-state index < -0.39 is 0 Å². The lowest BCUT2D eigenvalue weighted by atomic mass is 9.78. The van der Waals surface area contributed by atoms with Gasteiger partial charge in [-0.3, -0.25) is 4.79 Å². The molecule has 0 spiro atoms. The van der Waals surface area contributed by atoms with Crippen LogP contribution in [0.1, 0.15) is 35.9 Å². The maximum Gasteiger partial charge on any atom is 0.226 e. The second kappa shape index (κ2) is 7.04. The van der Waals surface area contributed by atoms with Crippen molar-refractivity contribution < 1.29 is 9.53 Å². The Balaban J connectivity index is 1.57. The van der Waals surface area contributed by atoms with E-state index >= 15 is 0 Å². The van der Waals surface area contributed by atoms with E-state index in [0.717, 1.165) is 34.6 Å². The predicted molar refractivity (Wildman–Crippen MR) is 110 cm³/mol. The van der Waals surface area contributed by atoms with Gasteiger partial charge < -0.3 is 10.1 Å². The second-order valence-corrected chi connectivity index (χ2v) is 7.68. The summed E-state index contributed by atoms with van der Waals surface area (Å²) in [5.41, 5.74) is 3.59. The summed E-state index contributed by atoms with van der Waals surface area (Å²) < 4.78 is 6.99. The Labute approximate surface area is 173 Å². The normalized spacial score (nSPS) is 20.7. The molecule has 5 rings (SSSR count). The van der Waals surface area contributed by atoms with E-state index in [1.165, 1.54) is 6.33 Å². The number of aromatic nitrogens is 3. The largest absolute Gasteiger partial charge is 0.497 e. The number of anilines is 1. The minimum Gasteiger partial charge on any atom is -0.497 e. The van der Waals surface area contributed by atoms with Gasteiger partial charge >= 0.3 is 0 Å². The molecule has 0 saturated carbocycles. The third-order valence-electron chi connectivity index (χ3n) is 5.65. The van der Waals surface area contributed by atoms with Crippen molar-refractivity contribution in [1.82, 2.24) is 14.8 Å². The fourth-order valence-electron chi connectivity index (χ4n) is 4.25. The van der Waals surface area contributed by atoms with E-state index in [4.69, 9.17) is 16.3 Å². The molecule has 146 valence electrons. The fraction of sp³-hybridized carbons (Fsp3) is 0.227. The number of ether oxygens (including phenoxy) is 1. The van der Waals surface area contributed by atoms with Crippen molar-refractivity contribution in [2.45, 2.75) is 24.8 Å². The Kier molecular flexibility index (Phi) is 4.36. The van der Waals surface area contributed by atoms with Crippen molar-refractivity contribution in [2.75, 3.05) is 12.4 Å². The molecule has 0 radical (unpaired) electrons. The average molecular weight is 407 g/mol. The third-order valence-corrected chi connectivity index (χ3v) is 5.99. The highest BCUT2D eigenvalue weighted by Crippen LogP contribution is 2.45. The standard InChI is InChI=1S/C22H19ClN4O2/c1-29-15-8-6-13(7-9-15)14-10-18-20(19(28)11-14)21(16-4-2-3-5-17(16)23)27-22(26-18)24-12-25-27/h2-9,12,14,21H,10-11H2,1H3,(H,24,25,26)/t14-,21+/m0/s1. The van der Waals surface area contributed by atoms with E-state index in [0.29, 0.717) is 17.4 Å². The molecule has 0 amide bonds. The zero-order chi connectivity index (χ0) is 20.0. The number of hydrogen-bond acceptors (Lipinski definition) is 5. The Morgan fingerprint density at radius 1 is 1.14 bits per heavy atom. The van der Waals surface area contributed by atoms with Gasteiger partial charge in [-0.25, -0.2) is 4.68 Å². The van der Waals surface area contributed by atoms with Crippen LogP contribution in [0, 0.1) is 0 Å². The molecule has 2 heterocycles. The molecule has 2 atom stereocenters. The van der Waals surface area contributed by atoms with Crippen molar-refractivity contribution in [1.29, 1.82) is 0 Å². The molecule has 3 aromatic rings. The van der Waals surface area contributed by atoms with Crippen molar-refractivity contribution >= 4 is 23.3 Å². The van der Waals surface area contributed by atoms with E-state index in [-0.39, 0.29) is 17.7 Å². The first-order valence-electron chi connectivity index (χ1n) is 9.47. The van der Waals surface area contributed by atoms with Crippen LogP contribution in [-0.2, 0) is 4.79 Å². The van der Waals surface area contributed by atoms with Gasteiger partial charge in [0.2, 0.25) is 5.95 Å². The van der Waals surface area contributed by atoms with Crippen molar-refractivity contribution in [3.05, 3.63) is 82.3 Å². The molecule has 1 aromatic heterocycles. The van der Waals surface area contributed by atoms with Gasteiger partial charge in [0.1, 0.15) is 18.1 Å². The van der Waals surface area contributed by atoms with Gasteiger partial charge in [-0.15, -0.1) is 0 Å². The summed E-state index contributed by atoms with van der Waals surface area (Å²) in [5.74, 6) is 1.63. The number of nitrogens with one attached hydrogen (secondary N) is 1. The molecular weight excluding hydrogens is 388 g/mol. The number of fused-ring (bicyclic) bond motifs is 1. The van der Waals surface area contributed by atoms with Crippen LogP contribution in [0.2, 0.25) is 5.02 Å². The summed E-state index contributed by atoms with van der Waals surface area (Å²) >= 11 is 6.50. The summed E-state index contributed by atoms with van der Waals surface area (Å²) in [6.07, 6.45) is 2.66. The summed E-state index contributed by atoms with van der Waals surface area (Å²) in [6, 6.07) is 15.1. The van der Waals surface area contributed by atoms with Gasteiger partial charge in [0, 0.05) is 28.3 Å². The quantitative estimate of drug-likeness (QED) is 0.700. The summed E-state index contributed by atoms with van der Waals surface area (Å²) in [7, 11) is 1.65. The molecule has 0 fully saturated rings. The SMILES string of the molecule is COc1ccc([C@@H]2CC(=O)C3=C(C2)Nc2ncnn2[C@@H]3c2ccccc2Cl)cc1. The van der Waals surface area contributed by atoms with Gasteiger partial charge in [0.05, 0.1) is 7.11 Å². The van der Waals surface area contributed by atoms with Gasteiger partial charge in [-0.1, -0.05) is 41.9 Å². The van der Waals surface area contributed by atoms with Crippen LogP contribution < -0.4 is 10.1 Å². The third kappa shape index (κ3) is 3.00. The molecule has 1 aliphatic heterocycles. The van der Waals surface area contributed by atoms with Crippen LogP contribution in [0.4, 0.5) is 5.95 Å². The number of Topliss-reactive ketones (excluding diaryl/α,β-unsaturated/α-hetero) is 1. The van der Waals surface area contributed by atoms with E-state index in [2.05, 4.69) is 15.4 Å². The Hall–Kier alpha value is -3.12. The van der Waals surface area contributed by atoms with Gasteiger partial charge in [0.15, 0.2) is 5.78 Å². The second-order valence-electron chi connectivity index (χ2n) is 7.27. The van der Waals surface area contributed by atoms with Crippen LogP contribution >= 0.6 is 11.6 Å². The first-order chi connectivity index (χ1) is 14.2. The number of methoxy groups -OCH3 is 1. The molecule has 2 aromatic carbocycles. The number of benzene rings is 2. The highest BCUT2D eigenvalue weighted by molar-refractivity contribution is 6.31. The topological polar surface area (TPSA) is 69.0 Å². The number of carbonyl (C=O) groups is 1. The first kappa shape index (κ1) is 17.9. The zero-order valence-corrected chi connectivity index (χ0v) is 16.6. The summed E-state index contributed by atoms with van der Waals surface area (Å²) in [5, 5.41) is 8.30. The molecule has 0 unspecified atom stereocenters. The molecule has 0 bridgehead atoms. The van der Waals surface area contributed by atoms with Crippen LogP contribution in [0.5, 0.6) is 5.75 Å². The van der Waals surface area contributed by atoms with E-state index in [9.17, 15) is 4.79 Å². The van der Waals surface area contributed by atoms with E-state index in [1.807, 2.05) is 48.5 Å². The van der Waals surface area contributed by atoms with Gasteiger partial charge in [0.25, 0.3) is 0 Å². The Bertz CT molecular complexity index is 1120. The Morgan fingerprint density at radius 2 is 1.93 bits per heavy atom. The molecule has 6 nitrogen and oxygen atoms in total. The van der Waals surface area contributed by atoms with Crippen LogP contribution in [0.3, 0.4) is 0 Å². The minimum atomic E-state index is -0.373. The predicted octanol–water partition coefficient (Wildman–Crippen LogP) is 4.36. The minimum absolute atomic E-state index is 0.0982. The molecule has 1 N–H and O–H groups in total. The lowest BCUT2D eigenvalue weighted by Gasteiger charge is -2.35. The number of hydrogen-bond donors (Lipinski definition) is 1. The Morgan fingerprint density at radius 3 is 2.69 bits per heavy atom. The van der Waals surface area contributed by atoms with E-state index in [1.54, 1.807) is 11.8 Å². The number of halogens is 1. The molecular formula is C22H19ClN4O2. The highest BCUT2D eigenvalue weighted by Gasteiger charge is 2.39. The molecule has 2 aliphatic rings.